The van der Waals surface area contributed by atoms with Gasteiger partial charge in [0, 0.05) is 73.6 Å². The van der Waals surface area contributed by atoms with E-state index in [0.29, 0.717) is 26.2 Å². The molecule has 0 radical (unpaired) electrons. The first-order chi connectivity index (χ1) is 26.9. The summed E-state index contributed by atoms with van der Waals surface area (Å²) in [7, 11) is 3.81. The van der Waals surface area contributed by atoms with Crippen molar-refractivity contribution in [3.63, 3.8) is 0 Å². The summed E-state index contributed by atoms with van der Waals surface area (Å²) < 4.78 is 2.33. The van der Waals surface area contributed by atoms with Crippen LogP contribution in [0.15, 0.2) is 101 Å². The minimum Gasteiger partial charge on any atom is -0.396 e. The number of hydrogen-bond acceptors (Lipinski definition) is 9. The summed E-state index contributed by atoms with van der Waals surface area (Å²) in [5.74, 6) is 1.94. The normalized spacial score (nSPS) is 24.4. The van der Waals surface area contributed by atoms with Crippen LogP contribution in [0.2, 0.25) is 0 Å². The zero-order valence-electron chi connectivity index (χ0n) is 31.7. The standard InChI is InChI=1S/C45H55N4O4S2/c1-2-41-34(23-32-9-13-39(14-10-32)48-27-38(31-50)43(51)28-48)5-3-7-36(41)25-46-18-21-54-55-22-20-47-19-17-42-35(6-4-8-37(42)26-47)24-33-11-15-40(16-12-33)49-29-44(52)45(53)30-49/h2,9-17,19,23-26,38,43-45,50-53H,1,3-8,18,20-22,27-31H2/q+1/b34-23+,46-25?. The average molecular weight is 780 g/mol. The molecule has 290 valence electrons. The first kappa shape index (κ1) is 39.6. The van der Waals surface area contributed by atoms with Crippen molar-refractivity contribution in [3.8, 4) is 0 Å². The number of fused-ring (bicyclic) bond motifs is 1. The van der Waals surface area contributed by atoms with Crippen LogP contribution < -0.4 is 14.4 Å². The summed E-state index contributed by atoms with van der Waals surface area (Å²) in [6.45, 7) is 8.10. The Labute approximate surface area is 334 Å². The predicted octanol–water partition coefficient (Wildman–Crippen LogP) is 6.38. The Hall–Kier alpha value is -3.64. The number of nitrogens with zero attached hydrogens (tertiary/aromatic N) is 4. The maximum absolute atomic E-state index is 10.2. The number of β-amino-alcohol motifs (C(OH)–C–C–N with tert-alkyl or cyclic N) is 3. The number of pyridine rings is 1. The summed E-state index contributed by atoms with van der Waals surface area (Å²) >= 11 is 0. The Morgan fingerprint density at radius 2 is 1.36 bits per heavy atom. The van der Waals surface area contributed by atoms with Crippen LogP contribution in [0.5, 0.6) is 0 Å². The monoisotopic (exact) mass is 779 g/mol. The number of aromatic nitrogens is 1. The fourth-order valence-electron chi connectivity index (χ4n) is 8.20. The largest absolute Gasteiger partial charge is 0.396 e. The third-order valence-electron chi connectivity index (χ3n) is 11.3. The number of benzene rings is 2. The molecule has 10 heteroatoms. The number of hydrogen-bond donors (Lipinski definition) is 4. The van der Waals surface area contributed by atoms with E-state index < -0.39 is 18.3 Å². The maximum Gasteiger partial charge on any atom is 0.172 e. The number of aliphatic hydroxyl groups is 4. The predicted molar refractivity (Wildman–Crippen MR) is 231 cm³/mol. The highest BCUT2D eigenvalue weighted by atomic mass is 33.1. The van der Waals surface area contributed by atoms with E-state index in [9.17, 15) is 20.4 Å². The van der Waals surface area contributed by atoms with Gasteiger partial charge in [0.25, 0.3) is 0 Å². The minimum absolute atomic E-state index is 0.0131. The molecule has 2 saturated heterocycles. The number of aryl methyl sites for hydroxylation is 2. The molecule has 55 heavy (non-hydrogen) atoms. The SMILES string of the molecule is C=CC1=C(C=NCCSSCC[n+]2ccc3c(c2)CCC/C3=C\c2ccc(N3CC(O)C(O)C3)cc2)CCC/C1=C\c1ccc(N2CC(O)C(CO)C2)cc1. The summed E-state index contributed by atoms with van der Waals surface area (Å²) in [6.07, 6.45) is 17.9. The van der Waals surface area contributed by atoms with Crippen LogP contribution in [0.25, 0.3) is 17.7 Å². The van der Waals surface area contributed by atoms with Gasteiger partial charge in [0.1, 0.15) is 0 Å². The average Bonchev–Trinajstić information content (AvgIpc) is 3.76. The number of anilines is 2. The fourth-order valence-corrected chi connectivity index (χ4v) is 10.1. The molecule has 0 amide bonds. The van der Waals surface area contributed by atoms with Gasteiger partial charge in [-0.3, -0.25) is 4.99 Å². The smallest absolute Gasteiger partial charge is 0.172 e. The highest BCUT2D eigenvalue weighted by Crippen LogP contribution is 2.34. The van der Waals surface area contributed by atoms with Gasteiger partial charge >= 0.3 is 0 Å². The summed E-state index contributed by atoms with van der Waals surface area (Å²) in [5.41, 5.74) is 12.4. The van der Waals surface area contributed by atoms with E-state index in [2.05, 4.69) is 101 Å². The second-order valence-corrected chi connectivity index (χ2v) is 17.8. The van der Waals surface area contributed by atoms with Crippen molar-refractivity contribution in [1.29, 1.82) is 0 Å². The van der Waals surface area contributed by atoms with E-state index in [0.717, 1.165) is 80.1 Å². The lowest BCUT2D eigenvalue weighted by Crippen LogP contribution is -2.35. The second-order valence-electron chi connectivity index (χ2n) is 15.1. The highest BCUT2D eigenvalue weighted by molar-refractivity contribution is 8.76. The number of aliphatic imine (C=N–C) groups is 1. The van der Waals surface area contributed by atoms with Crippen LogP contribution in [0.1, 0.15) is 54.4 Å². The molecule has 0 bridgehead atoms. The van der Waals surface area contributed by atoms with Crippen molar-refractivity contribution in [2.75, 3.05) is 60.6 Å². The number of rotatable bonds is 14. The quantitative estimate of drug-likeness (QED) is 0.0648. The van der Waals surface area contributed by atoms with Crippen LogP contribution in [-0.2, 0) is 13.0 Å². The molecule has 0 spiro atoms. The molecule has 8 nitrogen and oxygen atoms in total. The van der Waals surface area contributed by atoms with Crippen molar-refractivity contribution in [3.05, 3.63) is 119 Å². The van der Waals surface area contributed by atoms with E-state index in [4.69, 9.17) is 4.99 Å². The third-order valence-corrected chi connectivity index (χ3v) is 13.7. The molecule has 4 aliphatic rings. The third kappa shape index (κ3) is 10.0. The van der Waals surface area contributed by atoms with Crippen LogP contribution in [-0.4, -0.2) is 95.8 Å². The van der Waals surface area contributed by atoms with Crippen molar-refractivity contribution in [1.82, 2.24) is 0 Å². The topological polar surface area (TPSA) is 104 Å². The zero-order chi connectivity index (χ0) is 38.1. The van der Waals surface area contributed by atoms with Gasteiger partial charge in [-0.05, 0) is 102 Å². The van der Waals surface area contributed by atoms with E-state index in [1.165, 1.54) is 39.0 Å². The summed E-state index contributed by atoms with van der Waals surface area (Å²) in [5, 5.41) is 39.5. The molecule has 4 atom stereocenters. The lowest BCUT2D eigenvalue weighted by molar-refractivity contribution is -0.692. The molecular formula is C45H55N4O4S2+. The van der Waals surface area contributed by atoms with Crippen LogP contribution in [0.3, 0.4) is 0 Å². The minimum atomic E-state index is -0.681. The molecule has 2 aliphatic carbocycles. The van der Waals surface area contributed by atoms with Crippen molar-refractivity contribution in [2.24, 2.45) is 10.9 Å². The number of aliphatic hydroxyl groups excluding tert-OH is 4. The second kappa shape index (κ2) is 19.0. The van der Waals surface area contributed by atoms with Gasteiger partial charge in [-0.25, -0.2) is 4.57 Å². The Bertz CT molecular complexity index is 1900. The molecule has 3 heterocycles. The van der Waals surface area contributed by atoms with Gasteiger partial charge in [0.15, 0.2) is 18.9 Å². The van der Waals surface area contributed by atoms with Gasteiger partial charge in [-0.1, -0.05) is 70.7 Å². The Morgan fingerprint density at radius 1 is 0.745 bits per heavy atom. The summed E-state index contributed by atoms with van der Waals surface area (Å²) in [4.78, 5) is 9.00. The molecule has 2 aromatic carbocycles. The van der Waals surface area contributed by atoms with E-state index in [1.54, 1.807) is 0 Å². The summed E-state index contributed by atoms with van der Waals surface area (Å²) in [6, 6.07) is 19.2. The Morgan fingerprint density at radius 3 is 2.04 bits per heavy atom. The molecular weight excluding hydrogens is 725 g/mol. The molecule has 2 fully saturated rings. The zero-order valence-corrected chi connectivity index (χ0v) is 33.3. The van der Waals surface area contributed by atoms with Crippen LogP contribution in [0, 0.1) is 5.92 Å². The van der Waals surface area contributed by atoms with Gasteiger partial charge in [-0.15, -0.1) is 0 Å². The van der Waals surface area contributed by atoms with Crippen LogP contribution in [0.4, 0.5) is 11.4 Å². The Balaban J connectivity index is 0.855. The van der Waals surface area contributed by atoms with Crippen molar-refractivity contribution < 1.29 is 25.0 Å². The van der Waals surface area contributed by atoms with Crippen molar-refractivity contribution in [2.45, 2.75) is 63.4 Å². The molecule has 2 aliphatic heterocycles. The maximum atomic E-state index is 10.2. The lowest BCUT2D eigenvalue weighted by atomic mass is 9.86. The van der Waals surface area contributed by atoms with Gasteiger partial charge in [0.05, 0.1) is 30.7 Å². The Kier molecular flexibility index (Phi) is 13.7. The van der Waals surface area contributed by atoms with Crippen LogP contribution >= 0.6 is 21.6 Å². The first-order valence-corrected chi connectivity index (χ1v) is 22.3. The van der Waals surface area contributed by atoms with Gasteiger partial charge < -0.3 is 30.2 Å². The molecule has 4 unspecified atom stereocenters. The number of allylic oxidation sites excluding steroid dienone is 5. The molecule has 0 saturated carbocycles. The molecule has 7 rings (SSSR count). The van der Waals surface area contributed by atoms with E-state index in [-0.39, 0.29) is 12.5 Å². The highest BCUT2D eigenvalue weighted by Gasteiger charge is 2.31. The lowest BCUT2D eigenvalue weighted by Gasteiger charge is -2.20. The van der Waals surface area contributed by atoms with Gasteiger partial charge in [0.2, 0.25) is 0 Å². The van der Waals surface area contributed by atoms with E-state index in [1.807, 2.05) is 32.6 Å². The fraction of sp³-hybridized carbons (Fsp3) is 0.422. The molecule has 3 aromatic rings. The van der Waals surface area contributed by atoms with Crippen molar-refractivity contribution >= 4 is 56.9 Å². The first-order valence-electron chi connectivity index (χ1n) is 19.8. The molecule has 1 aromatic heterocycles. The van der Waals surface area contributed by atoms with Gasteiger partial charge in [-0.2, -0.15) is 0 Å². The molecule has 4 N–H and O–H groups in total. The van der Waals surface area contributed by atoms with E-state index >= 15 is 0 Å².